The molecular weight excluding hydrogens is 370 g/mol. The molecule has 0 saturated carbocycles. The van der Waals surface area contributed by atoms with Crippen LogP contribution in [0, 0.1) is 0 Å². The molecule has 0 radical (unpaired) electrons. The van der Waals surface area contributed by atoms with E-state index in [9.17, 15) is 0 Å². The highest BCUT2D eigenvalue weighted by Gasteiger charge is 2.20. The van der Waals surface area contributed by atoms with E-state index in [1.807, 2.05) is 48.9 Å². The smallest absolute Gasteiger partial charge is 0.147 e. The van der Waals surface area contributed by atoms with Crippen LogP contribution in [0.3, 0.4) is 0 Å². The SMILES string of the molecule is CC(C)c1c(-c2ccccc2Cl)nc2c3cc(-c4cn[nH]c4)cnc3ccn12. The maximum absolute atomic E-state index is 6.50. The molecule has 0 aliphatic rings. The minimum Gasteiger partial charge on any atom is -0.303 e. The lowest BCUT2D eigenvalue weighted by Gasteiger charge is -2.10. The number of aromatic nitrogens is 5. The van der Waals surface area contributed by atoms with Gasteiger partial charge in [0, 0.05) is 40.7 Å². The van der Waals surface area contributed by atoms with Gasteiger partial charge in [-0.1, -0.05) is 43.6 Å². The number of nitrogens with zero attached hydrogens (tertiary/aromatic N) is 4. The van der Waals surface area contributed by atoms with Crippen LogP contribution in [0.1, 0.15) is 25.5 Å². The Kier molecular flexibility index (Phi) is 3.91. The zero-order valence-corrected chi connectivity index (χ0v) is 16.3. The second-order valence-corrected chi connectivity index (χ2v) is 7.54. The first-order valence-electron chi connectivity index (χ1n) is 9.18. The predicted molar refractivity (Wildman–Crippen MR) is 113 cm³/mol. The molecule has 0 bridgehead atoms. The van der Waals surface area contributed by atoms with Crippen LogP contribution in [-0.2, 0) is 0 Å². The Morgan fingerprint density at radius 1 is 1.07 bits per heavy atom. The minimum atomic E-state index is 0.281. The molecule has 138 valence electrons. The Hall–Kier alpha value is -3.18. The Balaban J connectivity index is 1.85. The molecule has 28 heavy (non-hydrogen) atoms. The van der Waals surface area contributed by atoms with Crippen LogP contribution in [0.4, 0.5) is 0 Å². The molecule has 0 aliphatic heterocycles. The van der Waals surface area contributed by atoms with E-state index in [-0.39, 0.29) is 5.92 Å². The number of pyridine rings is 2. The Morgan fingerprint density at radius 2 is 1.93 bits per heavy atom. The normalized spacial score (nSPS) is 11.7. The van der Waals surface area contributed by atoms with E-state index in [2.05, 4.69) is 39.5 Å². The van der Waals surface area contributed by atoms with Gasteiger partial charge in [-0.25, -0.2) is 4.98 Å². The van der Waals surface area contributed by atoms with Crippen molar-refractivity contribution < 1.29 is 0 Å². The van der Waals surface area contributed by atoms with Crippen molar-refractivity contribution in [1.29, 1.82) is 0 Å². The van der Waals surface area contributed by atoms with Crippen molar-refractivity contribution in [2.24, 2.45) is 0 Å². The maximum atomic E-state index is 6.50. The molecular formula is C22H18ClN5. The Morgan fingerprint density at radius 3 is 2.68 bits per heavy atom. The predicted octanol–water partition coefficient (Wildman–Crippen LogP) is 5.72. The van der Waals surface area contributed by atoms with Crippen LogP contribution in [0.25, 0.3) is 38.9 Å². The molecule has 0 atom stereocenters. The number of H-pyrrole nitrogens is 1. The van der Waals surface area contributed by atoms with Crippen molar-refractivity contribution in [1.82, 2.24) is 24.6 Å². The molecule has 1 N–H and O–H groups in total. The standard InChI is InChI=1S/C22H18ClN5/c1-13(2)21-20(16-5-3-4-6-18(16)23)27-22-17-9-14(15-11-25-26-12-15)10-24-19(17)7-8-28(21)22/h3-13H,1-2H3,(H,25,26). The van der Waals surface area contributed by atoms with Crippen LogP contribution in [0.2, 0.25) is 5.02 Å². The molecule has 5 aromatic rings. The topological polar surface area (TPSA) is 58.9 Å². The molecule has 0 aliphatic carbocycles. The summed E-state index contributed by atoms with van der Waals surface area (Å²) in [6.07, 6.45) is 7.57. The van der Waals surface area contributed by atoms with Gasteiger partial charge in [-0.05, 0) is 24.1 Å². The molecule has 6 heteroatoms. The number of rotatable bonds is 3. The van der Waals surface area contributed by atoms with Gasteiger partial charge in [-0.3, -0.25) is 10.1 Å². The quantitative estimate of drug-likeness (QED) is 0.431. The zero-order valence-electron chi connectivity index (χ0n) is 15.5. The van der Waals surface area contributed by atoms with Gasteiger partial charge in [0.15, 0.2) is 0 Å². The average molecular weight is 388 g/mol. The van der Waals surface area contributed by atoms with Gasteiger partial charge in [0.25, 0.3) is 0 Å². The lowest BCUT2D eigenvalue weighted by atomic mass is 10.0. The lowest BCUT2D eigenvalue weighted by molar-refractivity contribution is 0.812. The fraction of sp³-hybridized carbons (Fsp3) is 0.136. The van der Waals surface area contributed by atoms with Gasteiger partial charge in [-0.2, -0.15) is 5.10 Å². The first-order valence-corrected chi connectivity index (χ1v) is 9.56. The van der Waals surface area contributed by atoms with Crippen molar-refractivity contribution in [3.63, 3.8) is 0 Å². The van der Waals surface area contributed by atoms with E-state index < -0.39 is 0 Å². The fourth-order valence-corrected chi connectivity index (χ4v) is 3.91. The fourth-order valence-electron chi connectivity index (χ4n) is 3.69. The third-order valence-corrected chi connectivity index (χ3v) is 5.33. The van der Waals surface area contributed by atoms with Crippen molar-refractivity contribution in [3.8, 4) is 22.4 Å². The number of hydrogen-bond acceptors (Lipinski definition) is 3. The molecule has 4 aromatic heterocycles. The molecule has 1 aromatic carbocycles. The molecule has 5 rings (SSSR count). The Bertz CT molecular complexity index is 1300. The van der Waals surface area contributed by atoms with Crippen LogP contribution in [0.15, 0.2) is 61.2 Å². The van der Waals surface area contributed by atoms with Crippen molar-refractivity contribution in [2.45, 2.75) is 19.8 Å². The summed E-state index contributed by atoms with van der Waals surface area (Å²) in [5, 5.41) is 8.60. The van der Waals surface area contributed by atoms with Crippen LogP contribution in [0.5, 0.6) is 0 Å². The number of nitrogens with one attached hydrogen (secondary N) is 1. The van der Waals surface area contributed by atoms with Gasteiger partial charge in [0.2, 0.25) is 0 Å². The largest absolute Gasteiger partial charge is 0.303 e. The zero-order chi connectivity index (χ0) is 19.3. The summed E-state index contributed by atoms with van der Waals surface area (Å²) in [7, 11) is 0. The van der Waals surface area contributed by atoms with Crippen molar-refractivity contribution in [3.05, 3.63) is 71.9 Å². The van der Waals surface area contributed by atoms with Gasteiger partial charge in [0.1, 0.15) is 5.65 Å². The van der Waals surface area contributed by atoms with Crippen molar-refractivity contribution in [2.75, 3.05) is 0 Å². The molecule has 0 fully saturated rings. The first-order chi connectivity index (χ1) is 13.6. The maximum Gasteiger partial charge on any atom is 0.147 e. The summed E-state index contributed by atoms with van der Waals surface area (Å²) >= 11 is 6.50. The number of fused-ring (bicyclic) bond motifs is 3. The number of halogens is 1. The number of hydrogen-bond donors (Lipinski definition) is 1. The highest BCUT2D eigenvalue weighted by Crippen LogP contribution is 2.36. The van der Waals surface area contributed by atoms with E-state index in [1.165, 1.54) is 0 Å². The molecule has 5 nitrogen and oxygen atoms in total. The molecule has 0 amide bonds. The molecule has 4 heterocycles. The van der Waals surface area contributed by atoms with E-state index in [0.717, 1.165) is 44.6 Å². The van der Waals surface area contributed by atoms with Crippen molar-refractivity contribution >= 4 is 28.2 Å². The monoisotopic (exact) mass is 387 g/mol. The summed E-state index contributed by atoms with van der Waals surface area (Å²) in [5.41, 5.74) is 6.80. The number of imidazole rings is 1. The minimum absolute atomic E-state index is 0.281. The summed E-state index contributed by atoms with van der Waals surface area (Å²) in [5.74, 6) is 0.281. The van der Waals surface area contributed by atoms with Crippen LogP contribution < -0.4 is 0 Å². The van der Waals surface area contributed by atoms with E-state index in [4.69, 9.17) is 16.6 Å². The van der Waals surface area contributed by atoms with Crippen LogP contribution in [-0.4, -0.2) is 24.6 Å². The Labute approximate surface area is 167 Å². The van der Waals surface area contributed by atoms with Gasteiger partial charge in [0.05, 0.1) is 28.1 Å². The highest BCUT2D eigenvalue weighted by atomic mass is 35.5. The second kappa shape index (κ2) is 6.46. The summed E-state index contributed by atoms with van der Waals surface area (Å²) < 4.78 is 2.16. The highest BCUT2D eigenvalue weighted by molar-refractivity contribution is 6.33. The lowest BCUT2D eigenvalue weighted by Crippen LogP contribution is -1.97. The number of aromatic amines is 1. The third-order valence-electron chi connectivity index (χ3n) is 5.00. The van der Waals surface area contributed by atoms with Gasteiger partial charge < -0.3 is 4.40 Å². The summed E-state index contributed by atoms with van der Waals surface area (Å²) in [4.78, 5) is 9.67. The van der Waals surface area contributed by atoms with Gasteiger partial charge >= 0.3 is 0 Å². The molecule has 0 unspecified atom stereocenters. The van der Waals surface area contributed by atoms with E-state index >= 15 is 0 Å². The van der Waals surface area contributed by atoms with E-state index in [0.29, 0.717) is 5.02 Å². The first kappa shape index (κ1) is 17.0. The van der Waals surface area contributed by atoms with Gasteiger partial charge in [-0.15, -0.1) is 0 Å². The molecule has 0 spiro atoms. The average Bonchev–Trinajstić information content (AvgIpc) is 3.36. The summed E-state index contributed by atoms with van der Waals surface area (Å²) in [6, 6.07) is 12.0. The second-order valence-electron chi connectivity index (χ2n) is 7.13. The molecule has 0 saturated heterocycles. The number of benzene rings is 1. The van der Waals surface area contributed by atoms with E-state index in [1.54, 1.807) is 6.20 Å². The van der Waals surface area contributed by atoms with Crippen LogP contribution >= 0.6 is 11.6 Å². The summed E-state index contributed by atoms with van der Waals surface area (Å²) in [6.45, 7) is 4.35. The third kappa shape index (κ3) is 2.59.